The molecule has 0 atom stereocenters. The van der Waals surface area contributed by atoms with Gasteiger partial charge in [0.1, 0.15) is 5.69 Å². The standard InChI is InChI=1S/C25H27N3/c1-14-12-22(21-11-9-8-10-20(21)15(14)2)24-18(5)16(3)17(4)19(6)25(24)23-13-28(7)27-26-23/h8-13H,1-7H3. The van der Waals surface area contributed by atoms with Crippen molar-refractivity contribution >= 4 is 10.8 Å². The third-order valence-corrected chi connectivity index (χ3v) is 6.39. The van der Waals surface area contributed by atoms with E-state index in [0.29, 0.717) is 0 Å². The van der Waals surface area contributed by atoms with Gasteiger partial charge in [-0.05, 0) is 96.8 Å². The molecule has 0 saturated heterocycles. The Labute approximate surface area is 167 Å². The van der Waals surface area contributed by atoms with Gasteiger partial charge in [0.15, 0.2) is 0 Å². The molecule has 0 bridgehead atoms. The van der Waals surface area contributed by atoms with Crippen LogP contribution in [0.15, 0.2) is 36.5 Å². The Hall–Kier alpha value is -2.94. The summed E-state index contributed by atoms with van der Waals surface area (Å²) in [6, 6.07) is 11.1. The molecule has 0 aliphatic carbocycles. The lowest BCUT2D eigenvalue weighted by molar-refractivity contribution is 0.715. The normalized spacial score (nSPS) is 11.4. The number of fused-ring (bicyclic) bond motifs is 1. The second-order valence-electron chi connectivity index (χ2n) is 7.94. The second kappa shape index (κ2) is 6.59. The molecule has 4 rings (SSSR count). The van der Waals surface area contributed by atoms with Crippen LogP contribution in [0.4, 0.5) is 0 Å². The minimum atomic E-state index is 0.934. The van der Waals surface area contributed by atoms with E-state index in [2.05, 4.69) is 82.2 Å². The van der Waals surface area contributed by atoms with Gasteiger partial charge in [-0.3, -0.25) is 4.68 Å². The van der Waals surface area contributed by atoms with Gasteiger partial charge < -0.3 is 0 Å². The van der Waals surface area contributed by atoms with Crippen LogP contribution in [0.25, 0.3) is 33.2 Å². The summed E-state index contributed by atoms with van der Waals surface area (Å²) in [5.74, 6) is 0. The average molecular weight is 370 g/mol. The molecule has 142 valence electrons. The Bertz CT molecular complexity index is 1230. The zero-order valence-corrected chi connectivity index (χ0v) is 17.8. The van der Waals surface area contributed by atoms with Gasteiger partial charge in [0.05, 0.1) is 6.20 Å². The molecular formula is C25H27N3. The lowest BCUT2D eigenvalue weighted by Gasteiger charge is -2.22. The Balaban J connectivity index is 2.21. The first-order chi connectivity index (χ1) is 13.3. The molecule has 0 aliphatic heterocycles. The summed E-state index contributed by atoms with van der Waals surface area (Å²) in [6.45, 7) is 13.3. The molecule has 3 heteroatoms. The second-order valence-corrected chi connectivity index (χ2v) is 7.94. The predicted octanol–water partition coefficient (Wildman–Crippen LogP) is 6.15. The highest BCUT2D eigenvalue weighted by Gasteiger charge is 2.22. The monoisotopic (exact) mass is 369 g/mol. The first-order valence-electron chi connectivity index (χ1n) is 9.77. The van der Waals surface area contributed by atoms with Gasteiger partial charge in [-0.2, -0.15) is 0 Å². The lowest BCUT2D eigenvalue weighted by Crippen LogP contribution is -2.01. The van der Waals surface area contributed by atoms with Gasteiger partial charge in [0.2, 0.25) is 0 Å². The van der Waals surface area contributed by atoms with Crippen LogP contribution in [0, 0.1) is 41.5 Å². The van der Waals surface area contributed by atoms with E-state index < -0.39 is 0 Å². The van der Waals surface area contributed by atoms with Crippen molar-refractivity contribution in [1.82, 2.24) is 15.0 Å². The molecule has 0 aliphatic rings. The van der Waals surface area contributed by atoms with Crippen molar-refractivity contribution in [3.63, 3.8) is 0 Å². The molecule has 1 heterocycles. The molecule has 0 saturated carbocycles. The molecule has 0 unspecified atom stereocenters. The Morgan fingerprint density at radius 1 is 0.714 bits per heavy atom. The fourth-order valence-electron chi connectivity index (χ4n) is 4.30. The minimum Gasteiger partial charge on any atom is -0.255 e. The number of aromatic nitrogens is 3. The summed E-state index contributed by atoms with van der Waals surface area (Å²) < 4.78 is 1.78. The summed E-state index contributed by atoms with van der Waals surface area (Å²) in [7, 11) is 1.92. The SMILES string of the molecule is Cc1cc(-c2c(C)c(C)c(C)c(C)c2-c2cn(C)nn2)c2ccccc2c1C. The molecule has 0 spiro atoms. The van der Waals surface area contributed by atoms with Crippen LogP contribution in [0.2, 0.25) is 0 Å². The summed E-state index contributed by atoms with van der Waals surface area (Å²) >= 11 is 0. The largest absolute Gasteiger partial charge is 0.255 e. The van der Waals surface area contributed by atoms with Gasteiger partial charge in [-0.1, -0.05) is 35.5 Å². The van der Waals surface area contributed by atoms with Crippen molar-refractivity contribution in [2.45, 2.75) is 41.5 Å². The van der Waals surface area contributed by atoms with Crippen molar-refractivity contribution < 1.29 is 0 Å². The molecule has 0 amide bonds. The van der Waals surface area contributed by atoms with Crippen molar-refractivity contribution in [3.8, 4) is 22.4 Å². The summed E-state index contributed by atoms with van der Waals surface area (Å²) in [5, 5.41) is 11.3. The van der Waals surface area contributed by atoms with Crippen LogP contribution >= 0.6 is 0 Å². The van der Waals surface area contributed by atoms with E-state index in [1.165, 1.54) is 60.8 Å². The summed E-state index contributed by atoms with van der Waals surface area (Å²) in [4.78, 5) is 0. The maximum atomic E-state index is 4.48. The average Bonchev–Trinajstić information content (AvgIpc) is 3.12. The topological polar surface area (TPSA) is 30.7 Å². The summed E-state index contributed by atoms with van der Waals surface area (Å²) in [6.07, 6.45) is 2.02. The molecule has 28 heavy (non-hydrogen) atoms. The predicted molar refractivity (Wildman–Crippen MR) is 118 cm³/mol. The van der Waals surface area contributed by atoms with Crippen LogP contribution in [0.5, 0.6) is 0 Å². The fourth-order valence-corrected chi connectivity index (χ4v) is 4.30. The molecule has 4 aromatic rings. The zero-order chi connectivity index (χ0) is 20.2. The van der Waals surface area contributed by atoms with E-state index >= 15 is 0 Å². The van der Waals surface area contributed by atoms with Crippen LogP contribution in [-0.2, 0) is 7.05 Å². The number of benzene rings is 3. The van der Waals surface area contributed by atoms with Crippen LogP contribution in [0.3, 0.4) is 0 Å². The van der Waals surface area contributed by atoms with Crippen LogP contribution < -0.4 is 0 Å². The molecule has 0 radical (unpaired) electrons. The molecule has 0 N–H and O–H groups in total. The molecular weight excluding hydrogens is 342 g/mol. The van der Waals surface area contributed by atoms with Gasteiger partial charge in [-0.15, -0.1) is 5.10 Å². The number of nitrogens with zero attached hydrogens (tertiary/aromatic N) is 3. The van der Waals surface area contributed by atoms with E-state index in [4.69, 9.17) is 0 Å². The third kappa shape index (κ3) is 2.65. The summed E-state index contributed by atoms with van der Waals surface area (Å²) in [5.41, 5.74) is 12.6. The number of aryl methyl sites for hydroxylation is 3. The van der Waals surface area contributed by atoms with E-state index in [1.54, 1.807) is 4.68 Å². The first kappa shape index (κ1) is 18.4. The maximum Gasteiger partial charge on any atom is 0.113 e. The molecule has 3 aromatic carbocycles. The Kier molecular flexibility index (Phi) is 4.34. The molecule has 3 nitrogen and oxygen atoms in total. The number of hydrogen-bond donors (Lipinski definition) is 0. The van der Waals surface area contributed by atoms with E-state index in [-0.39, 0.29) is 0 Å². The van der Waals surface area contributed by atoms with Gasteiger partial charge in [0.25, 0.3) is 0 Å². The van der Waals surface area contributed by atoms with Crippen LogP contribution in [-0.4, -0.2) is 15.0 Å². The number of rotatable bonds is 2. The van der Waals surface area contributed by atoms with E-state index in [0.717, 1.165) is 5.69 Å². The maximum absolute atomic E-state index is 4.48. The molecule has 1 aromatic heterocycles. The smallest absolute Gasteiger partial charge is 0.113 e. The first-order valence-corrected chi connectivity index (χ1v) is 9.77. The van der Waals surface area contributed by atoms with Crippen molar-refractivity contribution in [2.75, 3.05) is 0 Å². The zero-order valence-electron chi connectivity index (χ0n) is 17.8. The third-order valence-electron chi connectivity index (χ3n) is 6.39. The van der Waals surface area contributed by atoms with Gasteiger partial charge in [0, 0.05) is 12.6 Å². The lowest BCUT2D eigenvalue weighted by atomic mass is 9.82. The van der Waals surface area contributed by atoms with Crippen molar-refractivity contribution in [1.29, 1.82) is 0 Å². The Morgan fingerprint density at radius 2 is 1.32 bits per heavy atom. The molecule has 0 fully saturated rings. The number of hydrogen-bond acceptors (Lipinski definition) is 2. The fraction of sp³-hybridized carbons (Fsp3) is 0.280. The van der Waals surface area contributed by atoms with E-state index in [1.807, 2.05) is 13.2 Å². The minimum absolute atomic E-state index is 0.934. The highest BCUT2D eigenvalue weighted by molar-refractivity contribution is 6.04. The highest BCUT2D eigenvalue weighted by atomic mass is 15.4. The van der Waals surface area contributed by atoms with Crippen LogP contribution in [0.1, 0.15) is 33.4 Å². The Morgan fingerprint density at radius 3 is 1.93 bits per heavy atom. The van der Waals surface area contributed by atoms with E-state index in [9.17, 15) is 0 Å². The van der Waals surface area contributed by atoms with Crippen molar-refractivity contribution in [3.05, 3.63) is 69.9 Å². The van der Waals surface area contributed by atoms with Gasteiger partial charge >= 0.3 is 0 Å². The highest BCUT2D eigenvalue weighted by Crippen LogP contribution is 2.43. The van der Waals surface area contributed by atoms with Crippen molar-refractivity contribution in [2.24, 2.45) is 7.05 Å². The van der Waals surface area contributed by atoms with Gasteiger partial charge in [-0.25, -0.2) is 0 Å². The quantitative estimate of drug-likeness (QED) is 0.424.